The first-order valence-corrected chi connectivity index (χ1v) is 9.05. The number of aromatic nitrogens is 4. The summed E-state index contributed by atoms with van der Waals surface area (Å²) >= 11 is 0. The summed E-state index contributed by atoms with van der Waals surface area (Å²) in [4.78, 5) is 8.12. The molecule has 3 N–H and O–H groups in total. The smallest absolute Gasteiger partial charge is 0.219 e. The number of anilines is 1. The molecule has 2 heterocycles. The van der Waals surface area contributed by atoms with Crippen LogP contribution in [0.15, 0.2) is 36.8 Å². The Morgan fingerprint density at radius 2 is 1.85 bits per heavy atom. The second-order valence-electron chi connectivity index (χ2n) is 7.08. The third-order valence-electron chi connectivity index (χ3n) is 4.91. The third kappa shape index (κ3) is 3.32. The summed E-state index contributed by atoms with van der Waals surface area (Å²) in [7, 11) is 0. The summed E-state index contributed by atoms with van der Waals surface area (Å²) in [5.74, 6) is 0.309. The van der Waals surface area contributed by atoms with Crippen LogP contribution >= 0.6 is 0 Å². The lowest BCUT2D eigenvalue weighted by Gasteiger charge is -2.24. The van der Waals surface area contributed by atoms with Crippen molar-refractivity contribution >= 4 is 5.95 Å². The maximum atomic E-state index is 5.55. The largest absolute Gasteiger partial charge is 0.368 e. The molecule has 0 saturated heterocycles. The highest BCUT2D eigenvalue weighted by molar-refractivity contribution is 5.42. The molecule has 26 heavy (non-hydrogen) atoms. The summed E-state index contributed by atoms with van der Waals surface area (Å²) in [5, 5.41) is 8.33. The maximum absolute atomic E-state index is 5.55. The number of aryl methyl sites for hydroxylation is 2. The van der Waals surface area contributed by atoms with Gasteiger partial charge in [0.15, 0.2) is 0 Å². The van der Waals surface area contributed by atoms with E-state index in [1.54, 1.807) is 12.4 Å². The minimum absolute atomic E-state index is 0.302. The van der Waals surface area contributed by atoms with Crippen LogP contribution in [0.25, 0.3) is 5.69 Å². The van der Waals surface area contributed by atoms with Crippen LogP contribution in [0.3, 0.4) is 0 Å². The molecule has 0 aliphatic heterocycles. The van der Waals surface area contributed by atoms with E-state index in [1.165, 1.54) is 22.4 Å². The third-order valence-corrected chi connectivity index (χ3v) is 4.91. The number of rotatable bonds is 4. The Bertz CT molecular complexity index is 892. The fourth-order valence-electron chi connectivity index (χ4n) is 3.76. The number of nitrogens with one attached hydrogen (secondary N) is 1. The van der Waals surface area contributed by atoms with E-state index in [9.17, 15) is 0 Å². The standard InChI is InChI=1S/C20H24N6/c1-13-6-14(2)8-16(7-13)26-19-5-3-4-18(17(19)12-25-26)22-9-15-10-23-20(21)24-11-15/h6-8,10-12,18,22H,3-5,9H2,1-2H3,(H2,21,23,24)/t18-/m0/s1. The van der Waals surface area contributed by atoms with E-state index in [0.717, 1.165) is 37.1 Å². The molecular formula is C20H24N6. The van der Waals surface area contributed by atoms with Gasteiger partial charge in [0, 0.05) is 41.8 Å². The molecule has 1 aliphatic carbocycles. The lowest BCUT2D eigenvalue weighted by molar-refractivity contribution is 0.454. The fourth-order valence-corrected chi connectivity index (χ4v) is 3.76. The Morgan fingerprint density at radius 1 is 1.12 bits per heavy atom. The number of nitrogens with two attached hydrogens (primary N) is 1. The predicted molar refractivity (Wildman–Crippen MR) is 102 cm³/mol. The highest BCUT2D eigenvalue weighted by Crippen LogP contribution is 2.31. The predicted octanol–water partition coefficient (Wildman–Crippen LogP) is 3.03. The van der Waals surface area contributed by atoms with Crippen molar-refractivity contribution in [3.63, 3.8) is 0 Å². The number of nitrogens with zero attached hydrogens (tertiary/aromatic N) is 4. The van der Waals surface area contributed by atoms with Gasteiger partial charge in [-0.25, -0.2) is 14.6 Å². The van der Waals surface area contributed by atoms with Gasteiger partial charge >= 0.3 is 0 Å². The van der Waals surface area contributed by atoms with Crippen LogP contribution in [0, 0.1) is 13.8 Å². The summed E-state index contributed by atoms with van der Waals surface area (Å²) in [6.07, 6.45) is 8.89. The molecule has 1 atom stereocenters. The van der Waals surface area contributed by atoms with E-state index in [0.29, 0.717) is 12.0 Å². The molecule has 0 fully saturated rings. The van der Waals surface area contributed by atoms with Crippen LogP contribution in [-0.2, 0) is 13.0 Å². The summed E-state index contributed by atoms with van der Waals surface area (Å²) in [6.45, 7) is 4.98. The van der Waals surface area contributed by atoms with Gasteiger partial charge < -0.3 is 11.1 Å². The van der Waals surface area contributed by atoms with Gasteiger partial charge in [-0.05, 0) is 56.4 Å². The van der Waals surface area contributed by atoms with E-state index in [2.05, 4.69) is 52.0 Å². The van der Waals surface area contributed by atoms with Gasteiger partial charge in [-0.2, -0.15) is 5.10 Å². The average Bonchev–Trinajstić information content (AvgIpc) is 3.05. The van der Waals surface area contributed by atoms with Crippen molar-refractivity contribution in [2.45, 2.75) is 45.7 Å². The monoisotopic (exact) mass is 348 g/mol. The zero-order valence-electron chi connectivity index (χ0n) is 15.2. The van der Waals surface area contributed by atoms with Crippen LogP contribution < -0.4 is 11.1 Å². The number of nitrogen functional groups attached to an aromatic ring is 1. The van der Waals surface area contributed by atoms with Crippen molar-refractivity contribution < 1.29 is 0 Å². The molecule has 6 heteroatoms. The Morgan fingerprint density at radius 3 is 2.58 bits per heavy atom. The molecule has 3 aromatic rings. The lowest BCUT2D eigenvalue weighted by atomic mass is 9.92. The highest BCUT2D eigenvalue weighted by atomic mass is 15.3. The minimum atomic E-state index is 0.302. The summed E-state index contributed by atoms with van der Waals surface area (Å²) in [6, 6.07) is 6.89. The van der Waals surface area contributed by atoms with Crippen LogP contribution in [0.4, 0.5) is 5.95 Å². The number of benzene rings is 1. The quantitative estimate of drug-likeness (QED) is 0.757. The van der Waals surface area contributed by atoms with Crippen molar-refractivity contribution in [1.82, 2.24) is 25.1 Å². The number of fused-ring (bicyclic) bond motifs is 1. The molecule has 0 saturated carbocycles. The van der Waals surface area contributed by atoms with E-state index in [1.807, 2.05) is 6.20 Å². The molecular weight excluding hydrogens is 324 g/mol. The Labute approximate surface area is 153 Å². The molecule has 0 radical (unpaired) electrons. The van der Waals surface area contributed by atoms with Gasteiger partial charge in [0.2, 0.25) is 5.95 Å². The average molecular weight is 348 g/mol. The molecule has 1 aromatic carbocycles. The normalized spacial score (nSPS) is 16.5. The van der Waals surface area contributed by atoms with Gasteiger partial charge in [0.25, 0.3) is 0 Å². The van der Waals surface area contributed by atoms with Gasteiger partial charge in [-0.1, -0.05) is 6.07 Å². The van der Waals surface area contributed by atoms with Gasteiger partial charge in [0.1, 0.15) is 0 Å². The minimum Gasteiger partial charge on any atom is -0.368 e. The fraction of sp³-hybridized carbons (Fsp3) is 0.350. The van der Waals surface area contributed by atoms with Crippen LogP contribution in [0.5, 0.6) is 0 Å². The van der Waals surface area contributed by atoms with Gasteiger partial charge in [-0.15, -0.1) is 0 Å². The van der Waals surface area contributed by atoms with Gasteiger partial charge in [-0.3, -0.25) is 0 Å². The van der Waals surface area contributed by atoms with Crippen LogP contribution in [0.2, 0.25) is 0 Å². The molecule has 4 rings (SSSR count). The van der Waals surface area contributed by atoms with Crippen LogP contribution in [0.1, 0.15) is 46.8 Å². The van der Waals surface area contributed by atoms with Crippen molar-refractivity contribution in [2.24, 2.45) is 0 Å². The Balaban J connectivity index is 1.57. The highest BCUT2D eigenvalue weighted by Gasteiger charge is 2.24. The van der Waals surface area contributed by atoms with Crippen LogP contribution in [-0.4, -0.2) is 19.7 Å². The second-order valence-corrected chi connectivity index (χ2v) is 7.08. The van der Waals surface area contributed by atoms with Crippen molar-refractivity contribution in [2.75, 3.05) is 5.73 Å². The van der Waals surface area contributed by atoms with Crippen molar-refractivity contribution in [3.8, 4) is 5.69 Å². The zero-order valence-corrected chi connectivity index (χ0v) is 15.2. The number of hydrogen-bond acceptors (Lipinski definition) is 5. The topological polar surface area (TPSA) is 81.7 Å². The van der Waals surface area contributed by atoms with E-state index in [4.69, 9.17) is 10.8 Å². The zero-order chi connectivity index (χ0) is 18.1. The molecule has 6 nitrogen and oxygen atoms in total. The van der Waals surface area contributed by atoms with Gasteiger partial charge in [0.05, 0.1) is 11.9 Å². The molecule has 0 unspecified atom stereocenters. The second kappa shape index (κ2) is 6.88. The molecule has 134 valence electrons. The first-order valence-electron chi connectivity index (χ1n) is 9.05. The lowest BCUT2D eigenvalue weighted by Crippen LogP contribution is -2.25. The van der Waals surface area contributed by atoms with E-state index < -0.39 is 0 Å². The molecule has 0 amide bonds. The van der Waals surface area contributed by atoms with Crippen molar-refractivity contribution in [3.05, 3.63) is 64.7 Å². The summed E-state index contributed by atoms with van der Waals surface area (Å²) in [5.41, 5.74) is 12.9. The Kier molecular flexibility index (Phi) is 4.42. The summed E-state index contributed by atoms with van der Waals surface area (Å²) < 4.78 is 2.11. The maximum Gasteiger partial charge on any atom is 0.219 e. The van der Waals surface area contributed by atoms with Crippen molar-refractivity contribution in [1.29, 1.82) is 0 Å². The Hall–Kier alpha value is -2.73. The van der Waals surface area contributed by atoms with E-state index >= 15 is 0 Å². The SMILES string of the molecule is Cc1cc(C)cc(-n2ncc3c2CCC[C@@H]3NCc2cnc(N)nc2)c1. The molecule has 0 spiro atoms. The molecule has 1 aliphatic rings. The number of hydrogen-bond donors (Lipinski definition) is 2. The molecule has 0 bridgehead atoms. The molecule has 2 aromatic heterocycles. The van der Waals surface area contributed by atoms with E-state index in [-0.39, 0.29) is 0 Å². The first kappa shape index (κ1) is 16.7. The first-order chi connectivity index (χ1) is 12.6.